The van der Waals surface area contributed by atoms with E-state index in [2.05, 4.69) is 48.4 Å². The average Bonchev–Trinajstić information content (AvgIpc) is 3.58. The van der Waals surface area contributed by atoms with Gasteiger partial charge in [-0.1, -0.05) is 20.8 Å². The first-order valence-corrected chi connectivity index (χ1v) is 17.7. The number of ether oxygens (including phenoxy) is 2. The molecule has 0 unspecified atom stereocenters. The Balaban J connectivity index is 1.12. The summed E-state index contributed by atoms with van der Waals surface area (Å²) in [6.45, 7) is 14.4. The molecule has 4 fully saturated rings. The lowest BCUT2D eigenvalue weighted by atomic mass is 9.68. The van der Waals surface area contributed by atoms with Crippen molar-refractivity contribution in [1.82, 2.24) is 4.90 Å². The second-order valence-corrected chi connectivity index (χ2v) is 15.0. The minimum absolute atomic E-state index is 0.0746. The van der Waals surface area contributed by atoms with Gasteiger partial charge in [0.1, 0.15) is 24.1 Å². The number of rotatable bonds is 8. The van der Waals surface area contributed by atoms with Gasteiger partial charge in [0.25, 0.3) is 11.8 Å². The van der Waals surface area contributed by atoms with E-state index in [4.69, 9.17) is 15.2 Å². The molecule has 0 spiro atoms. The summed E-state index contributed by atoms with van der Waals surface area (Å²) in [5, 5.41) is 4.64. The van der Waals surface area contributed by atoms with Crippen LogP contribution in [-0.2, 0) is 0 Å². The Morgan fingerprint density at radius 2 is 1.50 bits per heavy atom. The molecule has 6 rings (SSSR count). The number of amides is 2. The second kappa shape index (κ2) is 14.2. The second-order valence-electron chi connectivity index (χ2n) is 15.0. The van der Waals surface area contributed by atoms with Gasteiger partial charge in [-0.25, -0.2) is 0 Å². The van der Waals surface area contributed by atoms with Gasteiger partial charge >= 0.3 is 0 Å². The highest BCUT2D eigenvalue weighted by atomic mass is 16.5. The number of carbonyl (C=O) groups excluding carboxylic acids is 2. The van der Waals surface area contributed by atoms with Crippen LogP contribution in [-0.4, -0.2) is 81.3 Å². The molecule has 2 aromatic rings. The first-order valence-electron chi connectivity index (χ1n) is 17.7. The van der Waals surface area contributed by atoms with Crippen LogP contribution in [0.1, 0.15) is 97.9 Å². The molecule has 2 amide bonds. The van der Waals surface area contributed by atoms with Crippen molar-refractivity contribution < 1.29 is 29.7 Å². The minimum Gasteiger partial charge on any atom is -0.489 e. The molecule has 1 atom stereocenters. The van der Waals surface area contributed by atoms with Crippen LogP contribution in [0.5, 0.6) is 11.5 Å². The molecule has 3 aliphatic heterocycles. The summed E-state index contributed by atoms with van der Waals surface area (Å²) in [5.74, 6) is 2.26. The number of nitrogens with zero attached hydrogens (tertiary/aromatic N) is 2. The van der Waals surface area contributed by atoms with E-state index in [1.807, 2.05) is 23.1 Å². The maximum atomic E-state index is 13.9. The van der Waals surface area contributed by atoms with E-state index < -0.39 is 5.91 Å². The van der Waals surface area contributed by atoms with Gasteiger partial charge < -0.3 is 35.6 Å². The third kappa shape index (κ3) is 7.63. The standard InChI is InChI=1S/C37H53N5O4/c1-37(2,3)27-7-4-25(5-8-27)32-22-26(6-11-33(32)46-30-12-15-40-24-30)36(44)42-18-13-29(14-19-42)45-34-23-28(9-10-31(34)35(38)43)41-20-16-39-17-21-41/h6,9-11,22-23,25,27,29-30,39-40H,4-5,7-8,12-21,24H2,1-3H3,(H2,38,43)/p+2/t25?,27?,30-/m0/s1. The molecule has 6 N–H and O–H groups in total. The van der Waals surface area contributed by atoms with E-state index in [9.17, 15) is 9.59 Å². The van der Waals surface area contributed by atoms with Gasteiger partial charge in [0, 0.05) is 49.7 Å². The molecule has 0 aromatic heterocycles. The van der Waals surface area contributed by atoms with Gasteiger partial charge in [0.05, 0.1) is 38.3 Å². The number of primary amides is 1. The zero-order valence-electron chi connectivity index (χ0n) is 28.1. The van der Waals surface area contributed by atoms with Crippen LogP contribution in [0.4, 0.5) is 5.69 Å². The molecule has 9 heteroatoms. The van der Waals surface area contributed by atoms with Gasteiger partial charge in [-0.15, -0.1) is 0 Å². The molecular formula is C37H55N5O4+2. The highest BCUT2D eigenvalue weighted by Gasteiger charge is 2.33. The van der Waals surface area contributed by atoms with Gasteiger partial charge in [-0.2, -0.15) is 0 Å². The number of anilines is 1. The van der Waals surface area contributed by atoms with Crippen molar-refractivity contribution >= 4 is 17.5 Å². The SMILES string of the molecule is CC(C)(C)C1CCC(c2cc(C(=O)N3CCC(Oc4cc(N5CC[NH2+]CC5)ccc4C(N)=O)CC3)ccc2O[C@H]2CC[NH2+]C2)CC1. The van der Waals surface area contributed by atoms with E-state index in [-0.39, 0.29) is 18.1 Å². The smallest absolute Gasteiger partial charge is 0.253 e. The molecule has 0 radical (unpaired) electrons. The summed E-state index contributed by atoms with van der Waals surface area (Å²) in [5.41, 5.74) is 9.48. The fraction of sp³-hybridized carbons (Fsp3) is 0.622. The first kappa shape index (κ1) is 32.6. The zero-order valence-corrected chi connectivity index (χ0v) is 28.1. The Morgan fingerprint density at radius 1 is 0.783 bits per heavy atom. The lowest BCUT2D eigenvalue weighted by Crippen LogP contribution is -2.89. The van der Waals surface area contributed by atoms with Crippen LogP contribution >= 0.6 is 0 Å². The van der Waals surface area contributed by atoms with Crippen molar-refractivity contribution in [3.63, 3.8) is 0 Å². The molecule has 1 aliphatic carbocycles. The highest BCUT2D eigenvalue weighted by Crippen LogP contribution is 2.45. The molecule has 46 heavy (non-hydrogen) atoms. The van der Waals surface area contributed by atoms with Crippen molar-refractivity contribution in [1.29, 1.82) is 0 Å². The van der Waals surface area contributed by atoms with Crippen molar-refractivity contribution in [3.8, 4) is 11.5 Å². The van der Waals surface area contributed by atoms with Crippen LogP contribution < -0.4 is 30.7 Å². The predicted molar refractivity (Wildman–Crippen MR) is 180 cm³/mol. The number of likely N-dealkylation sites (tertiary alicyclic amines) is 1. The summed E-state index contributed by atoms with van der Waals surface area (Å²) in [6.07, 6.45) is 7.34. The third-order valence-corrected chi connectivity index (χ3v) is 10.9. The lowest BCUT2D eigenvalue weighted by molar-refractivity contribution is -0.655. The van der Waals surface area contributed by atoms with E-state index in [0.29, 0.717) is 48.6 Å². The number of carbonyl (C=O) groups is 2. The van der Waals surface area contributed by atoms with Gasteiger partial charge in [-0.3, -0.25) is 9.59 Å². The maximum Gasteiger partial charge on any atom is 0.253 e. The Bertz CT molecular complexity index is 1360. The molecule has 250 valence electrons. The Hall–Kier alpha value is -3.30. The minimum atomic E-state index is -0.484. The van der Waals surface area contributed by atoms with Crippen molar-refractivity contribution in [3.05, 3.63) is 53.1 Å². The highest BCUT2D eigenvalue weighted by molar-refractivity contribution is 5.96. The molecule has 4 aliphatic rings. The summed E-state index contributed by atoms with van der Waals surface area (Å²) >= 11 is 0. The molecule has 2 aromatic carbocycles. The zero-order chi connectivity index (χ0) is 32.3. The molecule has 1 saturated carbocycles. The lowest BCUT2D eigenvalue weighted by Gasteiger charge is -2.37. The van der Waals surface area contributed by atoms with E-state index in [0.717, 1.165) is 81.4 Å². The molecule has 3 saturated heterocycles. The third-order valence-electron chi connectivity index (χ3n) is 10.9. The first-order chi connectivity index (χ1) is 22.2. The van der Waals surface area contributed by atoms with E-state index in [1.54, 1.807) is 6.07 Å². The average molecular weight is 634 g/mol. The number of quaternary nitrogens is 2. The van der Waals surface area contributed by atoms with Crippen molar-refractivity contribution in [2.45, 2.75) is 83.8 Å². The fourth-order valence-corrected chi connectivity index (χ4v) is 7.95. The molecule has 9 nitrogen and oxygen atoms in total. The Morgan fingerprint density at radius 3 is 2.15 bits per heavy atom. The quantitative estimate of drug-likeness (QED) is 0.413. The van der Waals surface area contributed by atoms with Crippen LogP contribution in [0.25, 0.3) is 0 Å². The number of nitrogens with two attached hydrogens (primary N) is 3. The number of hydrogen-bond donors (Lipinski definition) is 3. The molecule has 0 bridgehead atoms. The van der Waals surface area contributed by atoms with Crippen LogP contribution in [0, 0.1) is 11.3 Å². The summed E-state index contributed by atoms with van der Waals surface area (Å²) in [4.78, 5) is 30.4. The number of hydrogen-bond acceptors (Lipinski definition) is 5. The number of benzene rings is 2. The van der Waals surface area contributed by atoms with Crippen LogP contribution in [0.15, 0.2) is 36.4 Å². The largest absolute Gasteiger partial charge is 0.489 e. The van der Waals surface area contributed by atoms with E-state index in [1.165, 1.54) is 18.4 Å². The maximum absolute atomic E-state index is 13.9. The van der Waals surface area contributed by atoms with Crippen LogP contribution in [0.2, 0.25) is 0 Å². The summed E-state index contributed by atoms with van der Waals surface area (Å²) < 4.78 is 13.0. The number of piperazine rings is 1. The predicted octanol–water partition coefficient (Wildman–Crippen LogP) is 2.89. The Labute approximate surface area is 274 Å². The monoisotopic (exact) mass is 633 g/mol. The van der Waals surface area contributed by atoms with Crippen molar-refractivity contribution in [2.24, 2.45) is 17.1 Å². The van der Waals surface area contributed by atoms with Gasteiger partial charge in [0.15, 0.2) is 6.10 Å². The van der Waals surface area contributed by atoms with Gasteiger partial charge in [-0.05, 0) is 78.8 Å². The van der Waals surface area contributed by atoms with E-state index >= 15 is 0 Å². The number of piperidine rings is 1. The summed E-state index contributed by atoms with van der Waals surface area (Å²) in [7, 11) is 0. The van der Waals surface area contributed by atoms with Crippen molar-refractivity contribution in [2.75, 3.05) is 57.3 Å². The normalized spacial score (nSPS) is 24.5. The van der Waals surface area contributed by atoms with Gasteiger partial charge in [0.2, 0.25) is 0 Å². The summed E-state index contributed by atoms with van der Waals surface area (Å²) in [6, 6.07) is 11.9. The van der Waals surface area contributed by atoms with Crippen LogP contribution in [0.3, 0.4) is 0 Å². The molecular weight excluding hydrogens is 578 g/mol. The Kier molecular flexibility index (Phi) is 10.1. The molecule has 3 heterocycles. The topological polar surface area (TPSA) is 118 Å². The fourth-order valence-electron chi connectivity index (χ4n) is 7.95.